The van der Waals surface area contributed by atoms with E-state index >= 15 is 0 Å². The van der Waals surface area contributed by atoms with Crippen molar-refractivity contribution >= 4 is 17.4 Å². The van der Waals surface area contributed by atoms with E-state index in [9.17, 15) is 14.9 Å². The van der Waals surface area contributed by atoms with E-state index in [1.54, 1.807) is 22.9 Å². The third-order valence-corrected chi connectivity index (χ3v) is 6.77. The van der Waals surface area contributed by atoms with Crippen LogP contribution >= 0.6 is 0 Å². The number of nitro groups is 1. The van der Waals surface area contributed by atoms with Crippen LogP contribution in [0.2, 0.25) is 0 Å². The van der Waals surface area contributed by atoms with Gasteiger partial charge in [0, 0.05) is 29.3 Å². The number of fused-ring (bicyclic) bond motifs is 1. The summed E-state index contributed by atoms with van der Waals surface area (Å²) in [7, 11) is 0. The summed E-state index contributed by atoms with van der Waals surface area (Å²) in [5.74, 6) is 0.958. The molecule has 0 saturated carbocycles. The van der Waals surface area contributed by atoms with Crippen molar-refractivity contribution in [1.82, 2.24) is 14.8 Å². The predicted octanol–water partition coefficient (Wildman–Crippen LogP) is 5.81. The van der Waals surface area contributed by atoms with Crippen molar-refractivity contribution in [3.8, 4) is 11.4 Å². The molecule has 1 aromatic heterocycles. The average Bonchev–Trinajstić information content (AvgIpc) is 3.20. The summed E-state index contributed by atoms with van der Waals surface area (Å²) in [6.07, 6.45) is 1.02. The summed E-state index contributed by atoms with van der Waals surface area (Å²) in [5.41, 5.74) is 3.54. The summed E-state index contributed by atoms with van der Waals surface area (Å²) in [5, 5.41) is 20.0. The lowest BCUT2D eigenvalue weighted by molar-refractivity contribution is -0.385. The molecule has 35 heavy (non-hydrogen) atoms. The molecule has 2 aromatic carbocycles. The predicted molar refractivity (Wildman–Crippen MR) is 134 cm³/mol. The SMILES string of the molecule is CC1(C)CC(=O)C2=C(C1)Nc1nc(-c3ccc(C(C)(C)C)cc3)nn1C2c1ccccc1[N+](=O)[O-]. The first kappa shape index (κ1) is 23.0. The standard InChI is InChI=1S/C27H29N5O3/c1-26(2,3)17-12-10-16(11-13-17)24-29-25-28-19-14-27(4,5)15-21(33)22(19)23(31(25)30-24)18-8-6-7-9-20(18)32(34)35/h6-13,23H,14-15H2,1-5H3,(H,28,29,30). The first-order valence-corrected chi connectivity index (χ1v) is 11.8. The maximum absolute atomic E-state index is 13.4. The Balaban J connectivity index is 1.67. The molecule has 8 nitrogen and oxygen atoms in total. The Bertz CT molecular complexity index is 1380. The van der Waals surface area contributed by atoms with Crippen molar-refractivity contribution in [3.05, 3.63) is 81.0 Å². The zero-order chi connectivity index (χ0) is 25.1. The number of Topliss-reactive ketones (excluding diaryl/α,β-unsaturated/α-hetero) is 1. The number of hydrogen-bond acceptors (Lipinski definition) is 6. The maximum Gasteiger partial charge on any atom is 0.275 e. The minimum Gasteiger partial charge on any atom is -0.328 e. The number of carbonyl (C=O) groups excluding carboxylic acids is 1. The molecule has 1 unspecified atom stereocenters. The van der Waals surface area contributed by atoms with Crippen LogP contribution in [0.3, 0.4) is 0 Å². The molecule has 0 bridgehead atoms. The molecule has 180 valence electrons. The largest absolute Gasteiger partial charge is 0.328 e. The first-order valence-electron chi connectivity index (χ1n) is 11.8. The first-order chi connectivity index (χ1) is 16.4. The van der Waals surface area contributed by atoms with E-state index < -0.39 is 11.0 Å². The molecule has 5 rings (SSSR count). The van der Waals surface area contributed by atoms with Crippen LogP contribution in [0.4, 0.5) is 11.6 Å². The molecule has 2 heterocycles. The number of anilines is 1. The van der Waals surface area contributed by atoms with Gasteiger partial charge in [0.15, 0.2) is 11.6 Å². The van der Waals surface area contributed by atoms with E-state index in [2.05, 4.69) is 52.1 Å². The van der Waals surface area contributed by atoms with Crippen molar-refractivity contribution in [2.75, 3.05) is 5.32 Å². The smallest absolute Gasteiger partial charge is 0.275 e. The zero-order valence-electron chi connectivity index (χ0n) is 20.6. The molecule has 0 saturated heterocycles. The molecule has 0 spiro atoms. The quantitative estimate of drug-likeness (QED) is 0.382. The van der Waals surface area contributed by atoms with Crippen molar-refractivity contribution in [2.24, 2.45) is 5.41 Å². The maximum atomic E-state index is 13.4. The Morgan fingerprint density at radius 2 is 1.77 bits per heavy atom. The molecule has 1 aliphatic carbocycles. The van der Waals surface area contributed by atoms with Crippen LogP contribution < -0.4 is 5.32 Å². The van der Waals surface area contributed by atoms with Crippen LogP contribution in [0, 0.1) is 15.5 Å². The van der Waals surface area contributed by atoms with Crippen molar-refractivity contribution in [3.63, 3.8) is 0 Å². The van der Waals surface area contributed by atoms with Gasteiger partial charge in [-0.3, -0.25) is 14.9 Å². The number of nitrogens with one attached hydrogen (secondary N) is 1. The van der Waals surface area contributed by atoms with Gasteiger partial charge >= 0.3 is 0 Å². The van der Waals surface area contributed by atoms with E-state index in [0.29, 0.717) is 35.8 Å². The van der Waals surface area contributed by atoms with Crippen LogP contribution in [-0.2, 0) is 10.2 Å². The Kier molecular flexibility index (Phi) is 5.16. The third-order valence-electron chi connectivity index (χ3n) is 6.77. The molecule has 0 amide bonds. The summed E-state index contributed by atoms with van der Waals surface area (Å²) in [6, 6.07) is 14.0. The Morgan fingerprint density at radius 3 is 2.43 bits per heavy atom. The van der Waals surface area contributed by atoms with Crippen molar-refractivity contribution in [2.45, 2.75) is 58.9 Å². The highest BCUT2D eigenvalue weighted by Gasteiger charge is 2.43. The summed E-state index contributed by atoms with van der Waals surface area (Å²) >= 11 is 0. The molecular formula is C27H29N5O3. The molecule has 0 radical (unpaired) electrons. The highest BCUT2D eigenvalue weighted by molar-refractivity contribution is 6.00. The lowest BCUT2D eigenvalue weighted by Gasteiger charge is -2.38. The average molecular weight is 472 g/mol. The molecule has 2 aliphatic rings. The Hall–Kier alpha value is -3.81. The Labute approximate surface area is 204 Å². The van der Waals surface area contributed by atoms with Gasteiger partial charge in [0.25, 0.3) is 5.69 Å². The monoisotopic (exact) mass is 471 g/mol. The molecule has 3 aromatic rings. The molecule has 0 fully saturated rings. The highest BCUT2D eigenvalue weighted by Crippen LogP contribution is 2.47. The lowest BCUT2D eigenvalue weighted by Crippen LogP contribution is -2.36. The topological polar surface area (TPSA) is 103 Å². The fourth-order valence-electron chi connectivity index (χ4n) is 5.02. The molecule has 1 N–H and O–H groups in total. The van der Waals surface area contributed by atoms with Gasteiger partial charge in [-0.2, -0.15) is 4.98 Å². The van der Waals surface area contributed by atoms with Gasteiger partial charge in [0.2, 0.25) is 5.95 Å². The number of hydrogen-bond donors (Lipinski definition) is 1. The Morgan fingerprint density at radius 1 is 1.09 bits per heavy atom. The summed E-state index contributed by atoms with van der Waals surface area (Å²) in [4.78, 5) is 29.6. The number of aromatic nitrogens is 3. The number of allylic oxidation sites excluding steroid dienone is 2. The highest BCUT2D eigenvalue weighted by atomic mass is 16.6. The number of rotatable bonds is 3. The number of ketones is 1. The van der Waals surface area contributed by atoms with E-state index in [4.69, 9.17) is 10.1 Å². The van der Waals surface area contributed by atoms with Crippen molar-refractivity contribution in [1.29, 1.82) is 0 Å². The number of benzene rings is 2. The number of para-hydroxylation sites is 1. The van der Waals surface area contributed by atoms with Gasteiger partial charge in [-0.1, -0.05) is 71.0 Å². The van der Waals surface area contributed by atoms with Crippen LogP contribution in [-0.4, -0.2) is 25.5 Å². The number of carbonyl (C=O) groups is 1. The fraction of sp³-hybridized carbons (Fsp3) is 0.370. The summed E-state index contributed by atoms with van der Waals surface area (Å²) < 4.78 is 1.63. The fourth-order valence-corrected chi connectivity index (χ4v) is 5.02. The van der Waals surface area contributed by atoms with E-state index in [-0.39, 0.29) is 22.3 Å². The van der Waals surface area contributed by atoms with Crippen LogP contribution in [0.1, 0.15) is 64.6 Å². The second-order valence-electron chi connectivity index (χ2n) is 11.2. The number of nitrogens with zero attached hydrogens (tertiary/aromatic N) is 4. The minimum atomic E-state index is -0.721. The second kappa shape index (κ2) is 7.86. The van der Waals surface area contributed by atoms with Gasteiger partial charge in [0.1, 0.15) is 6.04 Å². The van der Waals surface area contributed by atoms with Crippen LogP contribution in [0.25, 0.3) is 11.4 Å². The second-order valence-corrected chi connectivity index (χ2v) is 11.2. The van der Waals surface area contributed by atoms with E-state index in [0.717, 1.165) is 11.3 Å². The van der Waals surface area contributed by atoms with Gasteiger partial charge in [-0.05, 0) is 28.9 Å². The third kappa shape index (κ3) is 4.03. The molecule has 1 atom stereocenters. The van der Waals surface area contributed by atoms with Crippen LogP contribution in [0.15, 0.2) is 59.8 Å². The molecular weight excluding hydrogens is 442 g/mol. The summed E-state index contributed by atoms with van der Waals surface area (Å²) in [6.45, 7) is 10.6. The van der Waals surface area contributed by atoms with Crippen molar-refractivity contribution < 1.29 is 9.72 Å². The van der Waals surface area contributed by atoms with E-state index in [1.807, 2.05) is 12.1 Å². The molecule has 8 heteroatoms. The van der Waals surface area contributed by atoms with Gasteiger partial charge in [0.05, 0.1) is 10.5 Å². The van der Waals surface area contributed by atoms with E-state index in [1.165, 1.54) is 11.6 Å². The van der Waals surface area contributed by atoms with Gasteiger partial charge < -0.3 is 5.32 Å². The van der Waals surface area contributed by atoms with Crippen LogP contribution in [0.5, 0.6) is 0 Å². The van der Waals surface area contributed by atoms with Gasteiger partial charge in [-0.25, -0.2) is 4.68 Å². The zero-order valence-corrected chi connectivity index (χ0v) is 20.6. The lowest BCUT2D eigenvalue weighted by atomic mass is 9.73. The minimum absolute atomic E-state index is 0.0223. The number of nitro benzene ring substituents is 1. The van der Waals surface area contributed by atoms with Gasteiger partial charge in [-0.15, -0.1) is 5.10 Å². The normalized spacial score (nSPS) is 19.1. The molecule has 1 aliphatic heterocycles.